The molecule has 0 aromatic carbocycles. The van der Waals surface area contributed by atoms with Gasteiger partial charge < -0.3 is 5.11 Å². The van der Waals surface area contributed by atoms with E-state index in [0.717, 1.165) is 57.3 Å². The molecule has 2 N–H and O–H groups in total. The third kappa shape index (κ3) is 7.70. The number of unbranched alkanes of at least 4 members (excludes halogenated alkanes) is 3. The molecule has 4 nitrogen and oxygen atoms in total. The van der Waals surface area contributed by atoms with Gasteiger partial charge in [-0.3, -0.25) is 9.63 Å². The number of ketones is 1. The molecule has 0 amide bonds. The number of aliphatic hydroxyl groups is 1. The molecule has 130 valence electrons. The van der Waals surface area contributed by atoms with E-state index in [1.165, 1.54) is 6.42 Å². The molecule has 1 rings (SSSR count). The van der Waals surface area contributed by atoms with Gasteiger partial charge in [0.25, 0.3) is 0 Å². The molecule has 4 atom stereocenters. The maximum atomic E-state index is 12.2. The Morgan fingerprint density at radius 3 is 2.41 bits per heavy atom. The summed E-state index contributed by atoms with van der Waals surface area (Å²) in [5.74, 6) is 2.23. The number of hydroxylamine groups is 1. The average Bonchev–Trinajstić information content (AvgIpc) is 3.20. The summed E-state index contributed by atoms with van der Waals surface area (Å²) in [6.07, 6.45) is 8.59. The van der Waals surface area contributed by atoms with Gasteiger partial charge in [-0.25, -0.2) is 0 Å². The Morgan fingerprint density at radius 1 is 1.23 bits per heavy atom. The Labute approximate surface area is 136 Å². The Kier molecular flexibility index (Phi) is 9.92. The third-order valence-corrected chi connectivity index (χ3v) is 4.70. The second-order valence-electron chi connectivity index (χ2n) is 6.76. The van der Waals surface area contributed by atoms with Crippen LogP contribution in [0.25, 0.3) is 0 Å². The molecule has 0 aliphatic heterocycles. The highest BCUT2D eigenvalue weighted by molar-refractivity contribution is 5.81. The Morgan fingerprint density at radius 2 is 1.86 bits per heavy atom. The van der Waals surface area contributed by atoms with E-state index < -0.39 is 6.23 Å². The fraction of sp³-hybridized carbons (Fsp3) is 0.944. The minimum Gasteiger partial charge on any atom is -0.377 e. The quantitative estimate of drug-likeness (QED) is 0.291. The minimum atomic E-state index is -0.564. The second-order valence-corrected chi connectivity index (χ2v) is 6.76. The molecular weight excluding hydrogens is 278 g/mol. The monoisotopic (exact) mass is 313 g/mol. The van der Waals surface area contributed by atoms with Crippen molar-refractivity contribution in [1.82, 2.24) is 5.48 Å². The maximum absolute atomic E-state index is 12.2. The largest absolute Gasteiger partial charge is 0.377 e. The van der Waals surface area contributed by atoms with Crippen LogP contribution in [0.5, 0.6) is 0 Å². The van der Waals surface area contributed by atoms with Crippen molar-refractivity contribution in [3.05, 3.63) is 0 Å². The summed E-state index contributed by atoms with van der Waals surface area (Å²) in [6, 6.07) is 0. The van der Waals surface area contributed by atoms with Gasteiger partial charge in [-0.2, -0.15) is 5.48 Å². The number of hydrogen-bond acceptors (Lipinski definition) is 4. The normalized spacial score (nSPS) is 23.3. The van der Waals surface area contributed by atoms with Crippen molar-refractivity contribution >= 4 is 5.78 Å². The van der Waals surface area contributed by atoms with Crippen LogP contribution in [-0.2, 0) is 9.63 Å². The van der Waals surface area contributed by atoms with Crippen molar-refractivity contribution in [2.45, 2.75) is 84.8 Å². The molecule has 0 bridgehead atoms. The zero-order valence-electron chi connectivity index (χ0n) is 14.6. The minimum absolute atomic E-state index is 0.320. The van der Waals surface area contributed by atoms with Gasteiger partial charge in [-0.05, 0) is 50.9 Å². The summed E-state index contributed by atoms with van der Waals surface area (Å²) in [4.78, 5) is 17.2. The summed E-state index contributed by atoms with van der Waals surface area (Å²) in [5, 5.41) is 9.59. The zero-order valence-corrected chi connectivity index (χ0v) is 14.6. The average molecular weight is 313 g/mol. The molecule has 22 heavy (non-hydrogen) atoms. The second kappa shape index (κ2) is 11.1. The molecule has 1 saturated carbocycles. The molecule has 0 spiro atoms. The van der Waals surface area contributed by atoms with Crippen molar-refractivity contribution in [2.24, 2.45) is 17.8 Å². The van der Waals surface area contributed by atoms with Crippen molar-refractivity contribution < 1.29 is 14.7 Å². The van der Waals surface area contributed by atoms with Crippen molar-refractivity contribution in [1.29, 1.82) is 0 Å². The van der Waals surface area contributed by atoms with Crippen molar-refractivity contribution in [3.8, 4) is 0 Å². The van der Waals surface area contributed by atoms with Crippen LogP contribution in [-0.4, -0.2) is 23.7 Å². The van der Waals surface area contributed by atoms with Gasteiger partial charge in [-0.1, -0.05) is 33.1 Å². The first-order valence-corrected chi connectivity index (χ1v) is 9.18. The van der Waals surface area contributed by atoms with Crippen LogP contribution >= 0.6 is 0 Å². The Hall–Kier alpha value is -0.450. The first-order chi connectivity index (χ1) is 10.6. The molecule has 1 aliphatic rings. The lowest BCUT2D eigenvalue weighted by Crippen LogP contribution is -2.28. The lowest BCUT2D eigenvalue weighted by atomic mass is 9.89. The fourth-order valence-corrected chi connectivity index (χ4v) is 3.25. The van der Waals surface area contributed by atoms with Crippen LogP contribution < -0.4 is 5.48 Å². The van der Waals surface area contributed by atoms with Crippen molar-refractivity contribution in [3.63, 3.8) is 0 Å². The number of rotatable bonds is 14. The molecule has 0 heterocycles. The van der Waals surface area contributed by atoms with E-state index in [9.17, 15) is 9.90 Å². The van der Waals surface area contributed by atoms with Crippen LogP contribution in [0, 0.1) is 17.8 Å². The topological polar surface area (TPSA) is 58.6 Å². The predicted octanol–water partition coefficient (Wildman–Crippen LogP) is 3.83. The number of aliphatic hydroxyl groups excluding tert-OH is 1. The van der Waals surface area contributed by atoms with Gasteiger partial charge in [0.2, 0.25) is 0 Å². The van der Waals surface area contributed by atoms with Crippen LogP contribution in [0.1, 0.15) is 78.6 Å². The van der Waals surface area contributed by atoms with E-state index >= 15 is 0 Å². The van der Waals surface area contributed by atoms with Crippen LogP contribution in [0.4, 0.5) is 0 Å². The summed E-state index contributed by atoms with van der Waals surface area (Å²) in [6.45, 7) is 6.80. The van der Waals surface area contributed by atoms with Crippen LogP contribution in [0.3, 0.4) is 0 Å². The van der Waals surface area contributed by atoms with Gasteiger partial charge in [0, 0.05) is 12.3 Å². The van der Waals surface area contributed by atoms with E-state index in [1.807, 2.05) is 6.92 Å². The molecule has 0 aromatic rings. The van der Waals surface area contributed by atoms with Crippen molar-refractivity contribution in [2.75, 3.05) is 6.61 Å². The van der Waals surface area contributed by atoms with E-state index in [0.29, 0.717) is 24.2 Å². The fourth-order valence-electron chi connectivity index (χ4n) is 3.25. The smallest absolute Gasteiger partial charge is 0.136 e. The predicted molar refractivity (Wildman–Crippen MR) is 89.1 cm³/mol. The first-order valence-electron chi connectivity index (χ1n) is 9.18. The molecule has 4 heteroatoms. The van der Waals surface area contributed by atoms with E-state index in [1.54, 1.807) is 0 Å². The summed E-state index contributed by atoms with van der Waals surface area (Å²) in [5.41, 5.74) is 2.61. The molecule has 0 aromatic heterocycles. The first kappa shape index (κ1) is 19.6. The van der Waals surface area contributed by atoms with Gasteiger partial charge in [-0.15, -0.1) is 0 Å². The van der Waals surface area contributed by atoms with Gasteiger partial charge in [0.05, 0.1) is 6.61 Å². The van der Waals surface area contributed by atoms with E-state index in [-0.39, 0.29) is 0 Å². The highest BCUT2D eigenvalue weighted by Gasteiger charge is 2.41. The van der Waals surface area contributed by atoms with Gasteiger partial charge >= 0.3 is 0 Å². The number of Topliss-reactive ketones (excluding diaryl/α,β-unsaturated/α-hetero) is 1. The van der Waals surface area contributed by atoms with Crippen LogP contribution in [0.15, 0.2) is 0 Å². The lowest BCUT2D eigenvalue weighted by Gasteiger charge is -2.15. The number of nitrogens with one attached hydrogen (secondary N) is 1. The highest BCUT2D eigenvalue weighted by Crippen LogP contribution is 2.46. The standard InChI is InChI=1S/C18H35NO3/c1-4-10-17(20)15(16-13-14(16)3)11-8-6-7-9-12-18(21)19-22-5-2/h14-16,18-19,21H,4-13H2,1-3H3. The summed E-state index contributed by atoms with van der Waals surface area (Å²) < 4.78 is 0. The Balaban J connectivity index is 2.09. The summed E-state index contributed by atoms with van der Waals surface area (Å²) >= 11 is 0. The molecule has 1 aliphatic carbocycles. The third-order valence-electron chi connectivity index (χ3n) is 4.70. The number of carbonyl (C=O) groups excluding carboxylic acids is 1. The highest BCUT2D eigenvalue weighted by atomic mass is 16.7. The van der Waals surface area contributed by atoms with E-state index in [2.05, 4.69) is 19.3 Å². The number of hydrogen-bond donors (Lipinski definition) is 2. The maximum Gasteiger partial charge on any atom is 0.136 e. The van der Waals surface area contributed by atoms with Gasteiger partial charge in [0.15, 0.2) is 0 Å². The molecular formula is C18H35NO3. The van der Waals surface area contributed by atoms with Crippen LogP contribution in [0.2, 0.25) is 0 Å². The van der Waals surface area contributed by atoms with Gasteiger partial charge in [0.1, 0.15) is 12.0 Å². The molecule has 0 radical (unpaired) electrons. The zero-order chi connectivity index (χ0) is 16.4. The number of carbonyl (C=O) groups is 1. The molecule has 4 unspecified atom stereocenters. The molecule has 1 fully saturated rings. The molecule has 0 saturated heterocycles. The van der Waals surface area contributed by atoms with E-state index in [4.69, 9.17) is 4.84 Å². The lowest BCUT2D eigenvalue weighted by molar-refractivity contribution is -0.123. The SMILES string of the molecule is CCCC(=O)C(CCCCCCC(O)NOCC)C1CC1C. The Bertz CT molecular complexity index is 309. The summed E-state index contributed by atoms with van der Waals surface area (Å²) in [7, 11) is 0.